The number of fused-ring (bicyclic) bond motifs is 3. The zero-order valence-electron chi connectivity index (χ0n) is 15.9. The molecular weight excluding hydrogens is 488 g/mol. The van der Waals surface area contributed by atoms with Gasteiger partial charge in [0, 0.05) is 20.8 Å². The quantitative estimate of drug-likeness (QED) is 0.323. The van der Waals surface area contributed by atoms with Crippen LogP contribution >= 0.6 is 27.5 Å². The van der Waals surface area contributed by atoms with Crippen LogP contribution < -0.4 is 10.1 Å². The third-order valence-corrected chi connectivity index (χ3v) is 5.85. The van der Waals surface area contributed by atoms with Crippen LogP contribution in [0.2, 0.25) is 5.02 Å². The van der Waals surface area contributed by atoms with Crippen LogP contribution in [0.5, 0.6) is 5.75 Å². The molecule has 1 N–H and O–H groups in total. The summed E-state index contributed by atoms with van der Waals surface area (Å²) in [6, 6.07) is 19.7. The number of allylic oxidation sites excluding steroid dienone is 1. The van der Waals surface area contributed by atoms with Crippen LogP contribution in [0.1, 0.15) is 17.2 Å². The highest BCUT2D eigenvalue weighted by molar-refractivity contribution is 9.10. The summed E-state index contributed by atoms with van der Waals surface area (Å²) in [5.41, 5.74) is 3.97. The van der Waals surface area contributed by atoms with E-state index in [9.17, 15) is 8.78 Å². The van der Waals surface area contributed by atoms with Crippen molar-refractivity contribution >= 4 is 50.2 Å². The normalized spacial score (nSPS) is 15.5. The number of nitrogens with zero attached hydrogens (tertiary/aromatic N) is 2. The molecule has 3 aromatic carbocycles. The molecule has 2 heterocycles. The van der Waals surface area contributed by atoms with E-state index in [0.717, 1.165) is 26.8 Å². The van der Waals surface area contributed by atoms with Crippen LogP contribution in [-0.4, -0.2) is 16.2 Å². The van der Waals surface area contributed by atoms with Gasteiger partial charge in [0.25, 0.3) is 0 Å². The van der Waals surface area contributed by atoms with Gasteiger partial charge in [-0.1, -0.05) is 51.8 Å². The van der Waals surface area contributed by atoms with E-state index >= 15 is 0 Å². The number of ether oxygens (including phenoxy) is 1. The van der Waals surface area contributed by atoms with Gasteiger partial charge in [0.05, 0.1) is 17.1 Å². The SMILES string of the molecule is FC(F)Oc1ccc(Br)cc1[C@@H]1C=C(c2ccc(Cl)cc2)Nc2nc3ccccc3n21. The number of rotatable bonds is 4. The van der Waals surface area contributed by atoms with Gasteiger partial charge >= 0.3 is 6.61 Å². The Morgan fingerprint density at radius 3 is 2.61 bits per heavy atom. The van der Waals surface area contributed by atoms with E-state index in [1.807, 2.05) is 47.0 Å². The van der Waals surface area contributed by atoms with Gasteiger partial charge in [-0.05, 0) is 54.1 Å². The number of aromatic nitrogens is 2. The molecule has 5 rings (SSSR count). The van der Waals surface area contributed by atoms with E-state index in [4.69, 9.17) is 21.3 Å². The molecule has 31 heavy (non-hydrogen) atoms. The lowest BCUT2D eigenvalue weighted by Gasteiger charge is -2.28. The molecule has 0 radical (unpaired) electrons. The van der Waals surface area contributed by atoms with Crippen LogP contribution in [0.4, 0.5) is 14.7 Å². The van der Waals surface area contributed by atoms with Crippen LogP contribution in [0, 0.1) is 0 Å². The highest BCUT2D eigenvalue weighted by Gasteiger charge is 2.28. The molecule has 0 unspecified atom stereocenters. The van der Waals surface area contributed by atoms with E-state index in [-0.39, 0.29) is 5.75 Å². The minimum atomic E-state index is -2.93. The standard InChI is InChI=1S/C23H15BrClF2N3O/c24-14-7-10-21(31-22(26)27)16(11-14)20-12-18(13-5-8-15(25)9-6-13)29-23-28-17-3-1-2-4-19(17)30(20)23/h1-12,20,22H,(H,28,29)/t20-/m0/s1. The number of para-hydroxylation sites is 2. The average Bonchev–Trinajstić information content (AvgIpc) is 3.13. The molecule has 0 spiro atoms. The van der Waals surface area contributed by atoms with Gasteiger partial charge in [0.15, 0.2) is 0 Å². The van der Waals surface area contributed by atoms with Crippen molar-refractivity contribution in [3.63, 3.8) is 0 Å². The smallest absolute Gasteiger partial charge is 0.387 e. The maximum Gasteiger partial charge on any atom is 0.387 e. The first-order valence-electron chi connectivity index (χ1n) is 9.45. The number of halogens is 4. The molecule has 0 aliphatic carbocycles. The summed E-state index contributed by atoms with van der Waals surface area (Å²) >= 11 is 9.51. The zero-order valence-corrected chi connectivity index (χ0v) is 18.2. The molecule has 0 fully saturated rings. The summed E-state index contributed by atoms with van der Waals surface area (Å²) in [4.78, 5) is 4.72. The van der Waals surface area contributed by atoms with Crippen molar-refractivity contribution in [2.75, 3.05) is 5.32 Å². The van der Waals surface area contributed by atoms with Crippen LogP contribution in [0.15, 0.2) is 77.3 Å². The van der Waals surface area contributed by atoms with Gasteiger partial charge in [-0.3, -0.25) is 4.57 Å². The summed E-state index contributed by atoms with van der Waals surface area (Å²) in [5.74, 6) is 0.724. The maximum absolute atomic E-state index is 13.1. The fraction of sp³-hybridized carbons (Fsp3) is 0.0870. The lowest BCUT2D eigenvalue weighted by Crippen LogP contribution is -2.20. The largest absolute Gasteiger partial charge is 0.434 e. The zero-order chi connectivity index (χ0) is 21.5. The van der Waals surface area contributed by atoms with E-state index in [1.165, 1.54) is 0 Å². The van der Waals surface area contributed by atoms with Gasteiger partial charge in [-0.25, -0.2) is 4.98 Å². The number of alkyl halides is 2. The van der Waals surface area contributed by atoms with Crippen LogP contribution in [0.25, 0.3) is 16.7 Å². The van der Waals surface area contributed by atoms with Crippen molar-refractivity contribution in [1.29, 1.82) is 0 Å². The van der Waals surface area contributed by atoms with Gasteiger partial charge in [0.1, 0.15) is 5.75 Å². The summed E-state index contributed by atoms with van der Waals surface area (Å²) < 4.78 is 33.9. The van der Waals surface area contributed by atoms with Gasteiger partial charge < -0.3 is 10.1 Å². The highest BCUT2D eigenvalue weighted by atomic mass is 79.9. The molecule has 1 atom stereocenters. The van der Waals surface area contributed by atoms with Gasteiger partial charge in [-0.2, -0.15) is 8.78 Å². The molecule has 0 bridgehead atoms. The molecule has 0 amide bonds. The second-order valence-electron chi connectivity index (χ2n) is 7.01. The molecule has 1 aromatic heterocycles. The number of benzene rings is 3. The Morgan fingerprint density at radius 2 is 1.84 bits per heavy atom. The lowest BCUT2D eigenvalue weighted by molar-refractivity contribution is -0.0505. The molecule has 1 aliphatic heterocycles. The molecule has 4 aromatic rings. The third kappa shape index (κ3) is 3.79. The van der Waals surface area contributed by atoms with E-state index in [0.29, 0.717) is 16.5 Å². The van der Waals surface area contributed by atoms with Crippen molar-refractivity contribution in [3.05, 3.63) is 93.4 Å². The average molecular weight is 503 g/mol. The molecule has 1 aliphatic rings. The molecular formula is C23H15BrClF2N3O. The topological polar surface area (TPSA) is 39.1 Å². The number of anilines is 1. The second kappa shape index (κ2) is 7.98. The molecule has 0 saturated carbocycles. The molecule has 0 saturated heterocycles. The number of hydrogen-bond donors (Lipinski definition) is 1. The van der Waals surface area contributed by atoms with Crippen molar-refractivity contribution in [2.24, 2.45) is 0 Å². The summed E-state index contributed by atoms with van der Waals surface area (Å²) in [6.45, 7) is -2.93. The fourth-order valence-electron chi connectivity index (χ4n) is 3.79. The predicted molar refractivity (Wildman–Crippen MR) is 122 cm³/mol. The Morgan fingerprint density at radius 1 is 1.06 bits per heavy atom. The Labute approximate surface area is 190 Å². The van der Waals surface area contributed by atoms with Crippen molar-refractivity contribution < 1.29 is 13.5 Å². The first-order chi connectivity index (χ1) is 15.0. The maximum atomic E-state index is 13.1. The van der Waals surface area contributed by atoms with Crippen LogP contribution in [0.3, 0.4) is 0 Å². The first kappa shape index (κ1) is 20.0. The van der Waals surface area contributed by atoms with E-state index in [1.54, 1.807) is 30.3 Å². The Kier molecular flexibility index (Phi) is 5.16. The van der Waals surface area contributed by atoms with Crippen molar-refractivity contribution in [3.8, 4) is 5.75 Å². The van der Waals surface area contributed by atoms with E-state index in [2.05, 4.69) is 21.2 Å². The highest BCUT2D eigenvalue weighted by Crippen LogP contribution is 2.41. The monoisotopic (exact) mass is 501 g/mol. The summed E-state index contributed by atoms with van der Waals surface area (Å²) in [5, 5.41) is 3.99. The number of hydrogen-bond acceptors (Lipinski definition) is 3. The minimum Gasteiger partial charge on any atom is -0.434 e. The minimum absolute atomic E-state index is 0.112. The first-order valence-corrected chi connectivity index (χ1v) is 10.6. The molecule has 4 nitrogen and oxygen atoms in total. The summed E-state index contributed by atoms with van der Waals surface area (Å²) in [6.07, 6.45) is 1.98. The number of imidazole rings is 1. The third-order valence-electron chi connectivity index (χ3n) is 5.11. The molecule has 8 heteroatoms. The summed E-state index contributed by atoms with van der Waals surface area (Å²) in [7, 11) is 0. The fourth-order valence-corrected chi connectivity index (χ4v) is 4.29. The Balaban J connectivity index is 1.74. The van der Waals surface area contributed by atoms with Gasteiger partial charge in [0.2, 0.25) is 5.95 Å². The molecule has 156 valence electrons. The van der Waals surface area contributed by atoms with Gasteiger partial charge in [-0.15, -0.1) is 0 Å². The van der Waals surface area contributed by atoms with Crippen LogP contribution in [-0.2, 0) is 0 Å². The van der Waals surface area contributed by atoms with Crippen molar-refractivity contribution in [2.45, 2.75) is 12.7 Å². The number of nitrogens with one attached hydrogen (secondary N) is 1. The van der Waals surface area contributed by atoms with E-state index < -0.39 is 12.7 Å². The predicted octanol–water partition coefficient (Wildman–Crippen LogP) is 7.11. The van der Waals surface area contributed by atoms with Crippen molar-refractivity contribution in [1.82, 2.24) is 9.55 Å². The lowest BCUT2D eigenvalue weighted by atomic mass is 10.00. The second-order valence-corrected chi connectivity index (χ2v) is 8.36. The Hall–Kier alpha value is -2.90. The Bertz CT molecular complexity index is 1300.